The lowest BCUT2D eigenvalue weighted by molar-refractivity contribution is 0.222. The molecule has 0 aliphatic carbocycles. The number of nitrogens with one attached hydrogen (secondary N) is 2. The van der Waals surface area contributed by atoms with Crippen LogP contribution in [0, 0.1) is 11.8 Å². The minimum atomic E-state index is -3.44. The molecule has 2 rings (SSSR count). The predicted octanol–water partition coefficient (Wildman–Crippen LogP) is 2.83. The first-order chi connectivity index (χ1) is 11.3. The fourth-order valence-electron chi connectivity index (χ4n) is 3.00. The summed E-state index contributed by atoms with van der Waals surface area (Å²) in [6.07, 6.45) is 2.79. The van der Waals surface area contributed by atoms with Crippen molar-refractivity contribution < 1.29 is 8.42 Å². The first-order valence-electron chi connectivity index (χ1n) is 8.09. The van der Waals surface area contributed by atoms with Crippen molar-refractivity contribution in [2.24, 2.45) is 11.8 Å². The number of rotatable bonds is 5. The van der Waals surface area contributed by atoms with Gasteiger partial charge in [0.1, 0.15) is 0 Å². The van der Waals surface area contributed by atoms with Gasteiger partial charge in [-0.15, -0.1) is 6.58 Å². The predicted molar refractivity (Wildman–Crippen MR) is 103 cm³/mol. The van der Waals surface area contributed by atoms with Gasteiger partial charge < -0.3 is 10.6 Å². The van der Waals surface area contributed by atoms with Crippen molar-refractivity contribution in [1.82, 2.24) is 9.62 Å². The Bertz CT molecular complexity index is 676. The molecule has 1 aliphatic heterocycles. The van der Waals surface area contributed by atoms with E-state index in [2.05, 4.69) is 31.1 Å². The Morgan fingerprint density at radius 2 is 1.88 bits per heavy atom. The van der Waals surface area contributed by atoms with E-state index in [1.165, 1.54) is 0 Å². The average Bonchev–Trinajstić information content (AvgIpc) is 2.52. The van der Waals surface area contributed by atoms with Crippen LogP contribution in [0.15, 0.2) is 41.8 Å². The normalized spacial score (nSPS) is 21.9. The van der Waals surface area contributed by atoms with Crippen molar-refractivity contribution in [2.75, 3.05) is 25.0 Å². The quantitative estimate of drug-likeness (QED) is 0.619. The Labute approximate surface area is 150 Å². The van der Waals surface area contributed by atoms with Gasteiger partial charge in [0.15, 0.2) is 5.11 Å². The maximum atomic E-state index is 12.8. The van der Waals surface area contributed by atoms with Gasteiger partial charge >= 0.3 is 0 Å². The molecule has 0 unspecified atom stereocenters. The van der Waals surface area contributed by atoms with Crippen LogP contribution in [0.3, 0.4) is 0 Å². The van der Waals surface area contributed by atoms with Crippen LogP contribution in [0.2, 0.25) is 0 Å². The van der Waals surface area contributed by atoms with Gasteiger partial charge in [-0.3, -0.25) is 0 Å². The lowest BCUT2D eigenvalue weighted by atomic mass is 9.94. The van der Waals surface area contributed by atoms with Gasteiger partial charge in [-0.25, -0.2) is 8.42 Å². The zero-order valence-corrected chi connectivity index (χ0v) is 15.8. The van der Waals surface area contributed by atoms with Crippen LogP contribution in [0.25, 0.3) is 0 Å². The topological polar surface area (TPSA) is 61.4 Å². The molecule has 1 saturated heterocycles. The third kappa shape index (κ3) is 4.78. The van der Waals surface area contributed by atoms with Gasteiger partial charge in [0.25, 0.3) is 0 Å². The van der Waals surface area contributed by atoms with Crippen LogP contribution in [0.4, 0.5) is 5.69 Å². The molecular formula is C17H25N3O2S2. The molecule has 2 atom stereocenters. The summed E-state index contributed by atoms with van der Waals surface area (Å²) in [7, 11) is -3.44. The highest BCUT2D eigenvalue weighted by Gasteiger charge is 2.31. The van der Waals surface area contributed by atoms with Crippen molar-refractivity contribution in [3.63, 3.8) is 0 Å². The molecule has 0 aromatic heterocycles. The number of hydrogen-bond donors (Lipinski definition) is 2. The monoisotopic (exact) mass is 367 g/mol. The molecule has 0 radical (unpaired) electrons. The van der Waals surface area contributed by atoms with Gasteiger partial charge in [-0.2, -0.15) is 4.31 Å². The molecule has 2 N–H and O–H groups in total. The minimum Gasteiger partial charge on any atom is -0.359 e. The maximum Gasteiger partial charge on any atom is 0.243 e. The number of anilines is 1. The van der Waals surface area contributed by atoms with E-state index in [4.69, 9.17) is 12.2 Å². The van der Waals surface area contributed by atoms with Crippen LogP contribution in [0.5, 0.6) is 0 Å². The molecule has 1 aliphatic rings. The van der Waals surface area contributed by atoms with Gasteiger partial charge in [-0.1, -0.05) is 19.9 Å². The van der Waals surface area contributed by atoms with Crippen molar-refractivity contribution in [3.8, 4) is 0 Å². The second-order valence-corrected chi connectivity index (χ2v) is 8.76. The molecule has 1 heterocycles. The first kappa shape index (κ1) is 18.9. The average molecular weight is 368 g/mol. The minimum absolute atomic E-state index is 0.319. The zero-order valence-electron chi connectivity index (χ0n) is 14.2. The van der Waals surface area contributed by atoms with E-state index in [0.29, 0.717) is 41.5 Å². The molecule has 24 heavy (non-hydrogen) atoms. The van der Waals surface area contributed by atoms with Crippen LogP contribution in [-0.4, -0.2) is 37.5 Å². The maximum absolute atomic E-state index is 12.8. The van der Waals surface area contributed by atoms with Gasteiger partial charge in [0, 0.05) is 25.3 Å². The molecule has 0 saturated carbocycles. The Morgan fingerprint density at radius 1 is 1.29 bits per heavy atom. The van der Waals surface area contributed by atoms with Crippen molar-refractivity contribution >= 4 is 33.0 Å². The number of hydrogen-bond acceptors (Lipinski definition) is 3. The van der Waals surface area contributed by atoms with Crippen LogP contribution >= 0.6 is 12.2 Å². The number of sulfonamides is 1. The van der Waals surface area contributed by atoms with Crippen molar-refractivity contribution in [1.29, 1.82) is 0 Å². The number of thiocarbonyl (C=S) groups is 1. The first-order valence-corrected chi connectivity index (χ1v) is 9.93. The third-order valence-corrected chi connectivity index (χ3v) is 6.08. The second kappa shape index (κ2) is 8.09. The lowest BCUT2D eigenvalue weighted by Gasteiger charge is -2.34. The van der Waals surface area contributed by atoms with Crippen molar-refractivity contribution in [3.05, 3.63) is 36.9 Å². The molecular weight excluding hydrogens is 342 g/mol. The van der Waals surface area contributed by atoms with Crippen LogP contribution in [0.1, 0.15) is 20.3 Å². The molecule has 0 amide bonds. The third-order valence-electron chi connectivity index (χ3n) is 3.99. The zero-order chi connectivity index (χ0) is 17.7. The Morgan fingerprint density at radius 3 is 2.42 bits per heavy atom. The lowest BCUT2D eigenvalue weighted by Crippen LogP contribution is -2.42. The van der Waals surface area contributed by atoms with Crippen molar-refractivity contribution in [2.45, 2.75) is 25.2 Å². The van der Waals surface area contributed by atoms with E-state index >= 15 is 0 Å². The summed E-state index contributed by atoms with van der Waals surface area (Å²) in [5.74, 6) is 0.774. The van der Waals surface area contributed by atoms with E-state index in [1.54, 1.807) is 34.6 Å². The highest BCUT2D eigenvalue weighted by Crippen LogP contribution is 2.27. The Balaban J connectivity index is 2.08. The molecule has 1 aromatic carbocycles. The van der Waals surface area contributed by atoms with Crippen LogP contribution < -0.4 is 10.6 Å². The van der Waals surface area contributed by atoms with Crippen LogP contribution in [-0.2, 0) is 10.0 Å². The van der Waals surface area contributed by atoms with Gasteiger partial charge in [0.2, 0.25) is 10.0 Å². The van der Waals surface area contributed by atoms with E-state index < -0.39 is 10.0 Å². The standard InChI is InChI=1S/C17H25N3O2S2/c1-4-9-18-17(23)19-15-5-7-16(8-6-15)24(21,22)20-11-13(2)10-14(3)12-20/h4-8,13-14H,1,9-12H2,2-3H3,(H2,18,19,23)/t13-,14-/m0/s1. The summed E-state index contributed by atoms with van der Waals surface area (Å²) in [5, 5.41) is 6.45. The summed E-state index contributed by atoms with van der Waals surface area (Å²) in [6.45, 7) is 9.56. The largest absolute Gasteiger partial charge is 0.359 e. The van der Waals surface area contributed by atoms with Gasteiger partial charge in [-0.05, 0) is 54.7 Å². The smallest absolute Gasteiger partial charge is 0.243 e. The Hall–Kier alpha value is -1.44. The summed E-state index contributed by atoms with van der Waals surface area (Å²) in [4.78, 5) is 0.319. The molecule has 7 heteroatoms. The van der Waals surface area contributed by atoms with E-state index in [0.717, 1.165) is 12.1 Å². The van der Waals surface area contributed by atoms with E-state index in [-0.39, 0.29) is 0 Å². The van der Waals surface area contributed by atoms with E-state index in [1.807, 2.05) is 0 Å². The molecule has 1 fully saturated rings. The molecule has 0 bridgehead atoms. The highest BCUT2D eigenvalue weighted by atomic mass is 32.2. The fourth-order valence-corrected chi connectivity index (χ4v) is 4.88. The van der Waals surface area contributed by atoms with E-state index in [9.17, 15) is 8.42 Å². The molecule has 1 aromatic rings. The van der Waals surface area contributed by atoms with Gasteiger partial charge in [0.05, 0.1) is 4.90 Å². The molecule has 0 spiro atoms. The number of piperidine rings is 1. The number of nitrogens with zero attached hydrogens (tertiary/aromatic N) is 1. The fraction of sp³-hybridized carbons (Fsp3) is 0.471. The SMILES string of the molecule is C=CCNC(=S)Nc1ccc(S(=O)(=O)N2C[C@@H](C)C[C@H](C)C2)cc1. The molecule has 132 valence electrons. The summed E-state index contributed by atoms with van der Waals surface area (Å²) >= 11 is 5.14. The summed E-state index contributed by atoms with van der Waals surface area (Å²) in [6, 6.07) is 6.70. The second-order valence-electron chi connectivity index (χ2n) is 6.42. The summed E-state index contributed by atoms with van der Waals surface area (Å²) < 4.78 is 27.2. The molecule has 5 nitrogen and oxygen atoms in total. The highest BCUT2D eigenvalue weighted by molar-refractivity contribution is 7.89. The summed E-state index contributed by atoms with van der Waals surface area (Å²) in [5.41, 5.74) is 0.746. The Kier molecular flexibility index (Phi) is 6.37. The number of benzene rings is 1.